The molecule has 0 rings (SSSR count). The van der Waals surface area contributed by atoms with Crippen LogP contribution in [0.15, 0.2) is 0 Å². The summed E-state index contributed by atoms with van der Waals surface area (Å²) in [5, 5.41) is 0. The Labute approximate surface area is 101 Å². The summed E-state index contributed by atoms with van der Waals surface area (Å²) in [5.41, 5.74) is 0. The van der Waals surface area contributed by atoms with E-state index in [1.165, 1.54) is 21.3 Å². The van der Waals surface area contributed by atoms with Crippen LogP contribution in [-0.4, -0.2) is 40.0 Å². The van der Waals surface area contributed by atoms with Gasteiger partial charge in [0, 0.05) is 40.8 Å². The fourth-order valence-corrected chi connectivity index (χ4v) is 2.43. The molecule has 0 bridgehead atoms. The molecule has 0 heterocycles. The minimum absolute atomic E-state index is 0.232. The van der Waals surface area contributed by atoms with Gasteiger partial charge >= 0.3 is 7.60 Å². The van der Waals surface area contributed by atoms with E-state index in [1.807, 2.05) is 0 Å². The van der Waals surface area contributed by atoms with Crippen LogP contribution in [0.25, 0.3) is 0 Å². The van der Waals surface area contributed by atoms with Crippen LogP contribution < -0.4 is 0 Å². The molecule has 0 aromatic heterocycles. The van der Waals surface area contributed by atoms with Crippen molar-refractivity contribution in [2.45, 2.75) is 31.6 Å². The van der Waals surface area contributed by atoms with Crippen LogP contribution in [0, 0.1) is 0 Å². The zero-order valence-corrected chi connectivity index (χ0v) is 11.5. The first-order valence-electron chi connectivity index (χ1n) is 5.46. The summed E-state index contributed by atoms with van der Waals surface area (Å²) in [7, 11) is 0.597. The van der Waals surface area contributed by atoms with Gasteiger partial charge in [0.05, 0.1) is 6.16 Å². The average molecular weight is 274 g/mol. The Bertz CT molecular complexity index is 240. The second kappa shape index (κ2) is 8.14. The van der Waals surface area contributed by atoms with Crippen LogP contribution in [0.5, 0.6) is 0 Å². The number of hydrogen-bond acceptors (Lipinski definition) is 4. The van der Waals surface area contributed by atoms with Crippen molar-refractivity contribution < 1.29 is 27.1 Å². The van der Waals surface area contributed by atoms with Crippen molar-refractivity contribution in [1.29, 1.82) is 0 Å². The van der Waals surface area contributed by atoms with E-state index in [1.54, 1.807) is 0 Å². The number of unbranched alkanes of at least 4 members (excludes halogenated alkanes) is 1. The monoisotopic (exact) mass is 274 g/mol. The first-order valence-corrected chi connectivity index (χ1v) is 7.19. The summed E-state index contributed by atoms with van der Waals surface area (Å²) < 4.78 is 52.3. The van der Waals surface area contributed by atoms with Gasteiger partial charge in [0.1, 0.15) is 0 Å². The smallest absolute Gasteiger partial charge is 0.330 e. The Morgan fingerprint density at radius 1 is 1.06 bits per heavy atom. The van der Waals surface area contributed by atoms with E-state index in [0.29, 0.717) is 19.4 Å². The number of methoxy groups -OCH3 is 1. The van der Waals surface area contributed by atoms with Gasteiger partial charge in [-0.2, -0.15) is 0 Å². The third-order valence-corrected chi connectivity index (χ3v) is 4.33. The van der Waals surface area contributed by atoms with Crippen molar-refractivity contribution in [1.82, 2.24) is 0 Å². The molecule has 0 fully saturated rings. The van der Waals surface area contributed by atoms with Crippen LogP contribution in [0.3, 0.4) is 0 Å². The fraction of sp³-hybridized carbons (Fsp3) is 1.00. The first kappa shape index (κ1) is 17.0. The van der Waals surface area contributed by atoms with Gasteiger partial charge in [0.25, 0.3) is 0 Å². The standard InChI is InChI=1S/C10H21F2O4P/c1-14-8-5-4-6-10(11,12)7-9-17(13,15-2)16-3/h4-9H2,1-3H3. The van der Waals surface area contributed by atoms with Crippen molar-refractivity contribution in [3.8, 4) is 0 Å². The molecular formula is C10H21F2O4P. The minimum atomic E-state index is -3.33. The van der Waals surface area contributed by atoms with Gasteiger partial charge in [-0.25, -0.2) is 8.78 Å². The molecule has 0 aromatic rings. The highest BCUT2D eigenvalue weighted by atomic mass is 31.2. The van der Waals surface area contributed by atoms with Crippen molar-refractivity contribution in [3.05, 3.63) is 0 Å². The zero-order valence-electron chi connectivity index (χ0n) is 10.6. The second-order valence-electron chi connectivity index (χ2n) is 3.76. The van der Waals surface area contributed by atoms with Gasteiger partial charge in [-0.1, -0.05) is 0 Å². The maximum atomic E-state index is 13.4. The lowest BCUT2D eigenvalue weighted by Crippen LogP contribution is -2.18. The van der Waals surface area contributed by atoms with E-state index < -0.39 is 19.9 Å². The van der Waals surface area contributed by atoms with Crippen LogP contribution in [0.1, 0.15) is 25.7 Å². The van der Waals surface area contributed by atoms with Gasteiger partial charge in [-0.3, -0.25) is 4.57 Å². The number of hydrogen-bond donors (Lipinski definition) is 0. The second-order valence-corrected chi connectivity index (χ2v) is 6.15. The maximum Gasteiger partial charge on any atom is 0.330 e. The summed E-state index contributed by atoms with van der Waals surface area (Å²) in [6, 6.07) is 0. The maximum absolute atomic E-state index is 13.4. The fourth-order valence-electron chi connectivity index (χ4n) is 1.31. The van der Waals surface area contributed by atoms with Crippen molar-refractivity contribution >= 4 is 7.60 Å². The quantitative estimate of drug-likeness (QED) is 0.453. The van der Waals surface area contributed by atoms with Gasteiger partial charge < -0.3 is 13.8 Å². The summed E-state index contributed by atoms with van der Waals surface area (Å²) in [4.78, 5) is 0. The van der Waals surface area contributed by atoms with Crippen LogP contribution in [-0.2, 0) is 18.3 Å². The first-order chi connectivity index (χ1) is 7.89. The highest BCUT2D eigenvalue weighted by Gasteiger charge is 2.33. The van der Waals surface area contributed by atoms with Crippen molar-refractivity contribution in [3.63, 3.8) is 0 Å². The topological polar surface area (TPSA) is 44.8 Å². The lowest BCUT2D eigenvalue weighted by Gasteiger charge is -2.19. The van der Waals surface area contributed by atoms with Gasteiger partial charge in [0.15, 0.2) is 0 Å². The predicted octanol–water partition coefficient (Wildman–Crippen LogP) is 3.31. The van der Waals surface area contributed by atoms with Crippen LogP contribution >= 0.6 is 7.60 Å². The van der Waals surface area contributed by atoms with Crippen molar-refractivity contribution in [2.75, 3.05) is 34.1 Å². The highest BCUT2D eigenvalue weighted by Crippen LogP contribution is 2.48. The highest BCUT2D eigenvalue weighted by molar-refractivity contribution is 7.53. The molecule has 0 saturated heterocycles. The third-order valence-electron chi connectivity index (χ3n) is 2.45. The minimum Gasteiger partial charge on any atom is -0.385 e. The molecule has 7 heteroatoms. The molecule has 0 aromatic carbocycles. The molecule has 0 unspecified atom stereocenters. The van der Waals surface area contributed by atoms with E-state index in [0.717, 1.165) is 0 Å². The number of ether oxygens (including phenoxy) is 1. The normalized spacial score (nSPS) is 13.0. The number of rotatable bonds is 10. The van der Waals surface area contributed by atoms with Crippen molar-refractivity contribution in [2.24, 2.45) is 0 Å². The molecule has 0 amide bonds. The molecule has 0 spiro atoms. The molecule has 0 atom stereocenters. The molecule has 0 saturated carbocycles. The number of alkyl halides is 2. The molecule has 104 valence electrons. The Morgan fingerprint density at radius 3 is 2.12 bits per heavy atom. The molecule has 0 radical (unpaired) electrons. The average Bonchev–Trinajstić information content (AvgIpc) is 2.32. The van der Waals surface area contributed by atoms with Gasteiger partial charge in [-0.05, 0) is 12.8 Å². The van der Waals surface area contributed by atoms with E-state index in [4.69, 9.17) is 4.74 Å². The Balaban J connectivity index is 3.95. The molecule has 0 aliphatic rings. The molecule has 17 heavy (non-hydrogen) atoms. The molecule has 0 aliphatic carbocycles. The Kier molecular flexibility index (Phi) is 8.12. The van der Waals surface area contributed by atoms with E-state index in [9.17, 15) is 13.3 Å². The molecule has 0 aliphatic heterocycles. The molecule has 4 nitrogen and oxygen atoms in total. The number of halogens is 2. The zero-order chi connectivity index (χ0) is 13.4. The lowest BCUT2D eigenvalue weighted by molar-refractivity contribution is -0.0152. The lowest BCUT2D eigenvalue weighted by atomic mass is 10.1. The largest absolute Gasteiger partial charge is 0.385 e. The summed E-state index contributed by atoms with van der Waals surface area (Å²) in [6.07, 6.45) is -0.0105. The van der Waals surface area contributed by atoms with E-state index in [-0.39, 0.29) is 12.6 Å². The third kappa shape index (κ3) is 7.82. The summed E-state index contributed by atoms with van der Waals surface area (Å²) >= 11 is 0. The summed E-state index contributed by atoms with van der Waals surface area (Å²) in [6.45, 7) is 0.477. The molecule has 0 N–H and O–H groups in total. The SMILES string of the molecule is COCCCCC(F)(F)CCP(=O)(OC)OC. The van der Waals surface area contributed by atoms with E-state index >= 15 is 0 Å². The van der Waals surface area contributed by atoms with Crippen LogP contribution in [0.4, 0.5) is 8.78 Å². The van der Waals surface area contributed by atoms with E-state index in [2.05, 4.69) is 9.05 Å². The van der Waals surface area contributed by atoms with Gasteiger partial charge in [0.2, 0.25) is 5.92 Å². The summed E-state index contributed by atoms with van der Waals surface area (Å²) in [5.74, 6) is -2.83. The van der Waals surface area contributed by atoms with Gasteiger partial charge in [-0.15, -0.1) is 0 Å². The Hall–Kier alpha value is -0.0300. The Morgan fingerprint density at radius 2 is 1.65 bits per heavy atom. The molecular weight excluding hydrogens is 253 g/mol. The predicted molar refractivity (Wildman–Crippen MR) is 61.8 cm³/mol. The van der Waals surface area contributed by atoms with Crippen LogP contribution in [0.2, 0.25) is 0 Å².